The van der Waals surface area contributed by atoms with Crippen molar-refractivity contribution in [2.75, 3.05) is 13.2 Å². The Balaban J connectivity index is 1.65. The number of benzene rings is 3. The number of rotatable bonds is 9. The van der Waals surface area contributed by atoms with Gasteiger partial charge in [0, 0.05) is 6.07 Å². The molecule has 6 heteroatoms. The number of carbonyl (C=O) groups excluding carboxylic acids is 2. The topological polar surface area (TPSA) is 64.6 Å². The molecule has 172 valence electrons. The van der Waals surface area contributed by atoms with Gasteiger partial charge in [-0.25, -0.2) is 4.79 Å². The van der Waals surface area contributed by atoms with Gasteiger partial charge in [0.15, 0.2) is 14.7 Å². The highest BCUT2D eigenvalue weighted by Gasteiger charge is 2.29. The van der Waals surface area contributed by atoms with E-state index in [1.807, 2.05) is 75.4 Å². The van der Waals surface area contributed by atoms with Gasteiger partial charge < -0.3 is 14.8 Å². The number of amides is 1. The van der Waals surface area contributed by atoms with E-state index < -0.39 is 11.5 Å². The Morgan fingerprint density at radius 3 is 2.00 bits per heavy atom. The summed E-state index contributed by atoms with van der Waals surface area (Å²) < 4.78 is 10.7. The molecule has 0 spiro atoms. The minimum Gasteiger partial charge on any atom is -0.463 e. The van der Waals surface area contributed by atoms with E-state index in [0.717, 1.165) is 4.90 Å². The molecule has 0 saturated carbocycles. The van der Waals surface area contributed by atoms with E-state index in [4.69, 9.17) is 9.47 Å². The van der Waals surface area contributed by atoms with E-state index in [2.05, 4.69) is 29.6 Å². The van der Waals surface area contributed by atoms with Gasteiger partial charge in [0.05, 0.1) is 22.9 Å². The molecule has 3 rings (SSSR count). The van der Waals surface area contributed by atoms with Crippen LogP contribution >= 0.6 is 0 Å². The molecule has 0 heterocycles. The van der Waals surface area contributed by atoms with Crippen molar-refractivity contribution in [3.63, 3.8) is 0 Å². The summed E-state index contributed by atoms with van der Waals surface area (Å²) in [6.45, 7) is 5.89. The lowest BCUT2D eigenvalue weighted by Crippen LogP contribution is -2.33. The van der Waals surface area contributed by atoms with Crippen LogP contribution in [0.2, 0.25) is 0 Å². The Labute approximate surface area is 198 Å². The monoisotopic (exact) mass is 464 g/mol. The maximum Gasteiger partial charge on any atom is 0.412 e. The second kappa shape index (κ2) is 11.6. The van der Waals surface area contributed by atoms with Crippen LogP contribution in [-0.4, -0.2) is 25.2 Å². The molecule has 0 unspecified atom stereocenters. The number of nitrogens with one attached hydrogen (secondary N) is 1. The molecule has 3 aromatic rings. The van der Waals surface area contributed by atoms with Crippen molar-refractivity contribution in [1.29, 1.82) is 0 Å². The number of carbonyl (C=O) groups is 2. The van der Waals surface area contributed by atoms with Gasteiger partial charge in [-0.15, -0.1) is 0 Å². The Hall–Kier alpha value is -3.25. The summed E-state index contributed by atoms with van der Waals surface area (Å²) in [5, 5.41) is 2.63. The van der Waals surface area contributed by atoms with Gasteiger partial charge in [-0.05, 0) is 56.7 Å². The minimum atomic E-state index is -0.586. The summed E-state index contributed by atoms with van der Waals surface area (Å²) in [4.78, 5) is 27.7. The van der Waals surface area contributed by atoms with Crippen molar-refractivity contribution in [3.05, 3.63) is 84.9 Å². The molecule has 0 aromatic heterocycles. The molecule has 33 heavy (non-hydrogen) atoms. The molecule has 0 bridgehead atoms. The lowest BCUT2D eigenvalue weighted by Gasteiger charge is -2.20. The summed E-state index contributed by atoms with van der Waals surface area (Å²) in [5.41, 5.74) is -0.532. The van der Waals surface area contributed by atoms with E-state index in [9.17, 15) is 9.59 Å². The fraction of sp³-hybridized carbons (Fsp3) is 0.259. The lowest BCUT2D eigenvalue weighted by molar-refractivity contribution is -0.153. The van der Waals surface area contributed by atoms with Gasteiger partial charge in [-0.3, -0.25) is 4.79 Å². The second-order valence-electron chi connectivity index (χ2n) is 8.10. The van der Waals surface area contributed by atoms with Crippen LogP contribution in [0.3, 0.4) is 0 Å². The van der Waals surface area contributed by atoms with Crippen molar-refractivity contribution in [2.45, 2.75) is 41.9 Å². The smallest absolute Gasteiger partial charge is 0.412 e. The molecular formula is C27H30NO4S+. The molecule has 5 nitrogen and oxygen atoms in total. The molecule has 0 fully saturated rings. The standard InChI is InChI=1S/C27H29NO4S/c1-4-27(2,3)25(29)31-19-18-28-26(30)32-21-12-11-17-24(20-21)33(22-13-7-5-8-14-22)23-15-9-6-10-16-23/h5-17,20H,4,18-19H2,1-3H3/p+1. The molecule has 0 atom stereocenters. The molecule has 0 aliphatic carbocycles. The zero-order chi connectivity index (χ0) is 23.7. The molecule has 1 N–H and O–H groups in total. The Morgan fingerprint density at radius 1 is 0.848 bits per heavy atom. The largest absolute Gasteiger partial charge is 0.463 e. The summed E-state index contributed by atoms with van der Waals surface area (Å²) in [6.07, 6.45) is 0.0999. The predicted octanol–water partition coefficient (Wildman–Crippen LogP) is 5.85. The van der Waals surface area contributed by atoms with E-state index in [0.29, 0.717) is 12.2 Å². The van der Waals surface area contributed by atoms with Crippen LogP contribution in [0.1, 0.15) is 27.2 Å². The zero-order valence-electron chi connectivity index (χ0n) is 19.2. The summed E-state index contributed by atoms with van der Waals surface area (Å²) in [7, 11) is -0.331. The average molecular weight is 465 g/mol. The fourth-order valence-electron chi connectivity index (χ4n) is 2.97. The number of ether oxygens (including phenoxy) is 2. The third-order valence-electron chi connectivity index (χ3n) is 5.25. The maximum atomic E-state index is 12.3. The second-order valence-corrected chi connectivity index (χ2v) is 10.1. The molecule has 0 aliphatic heterocycles. The molecule has 3 aromatic carbocycles. The van der Waals surface area contributed by atoms with E-state index in [1.165, 1.54) is 9.79 Å². The van der Waals surface area contributed by atoms with Gasteiger partial charge in [0.25, 0.3) is 0 Å². The summed E-state index contributed by atoms with van der Waals surface area (Å²) in [6, 6.07) is 28.1. The Kier molecular flexibility index (Phi) is 8.55. The van der Waals surface area contributed by atoms with E-state index >= 15 is 0 Å². The van der Waals surface area contributed by atoms with Crippen LogP contribution in [0.5, 0.6) is 5.75 Å². The average Bonchev–Trinajstić information content (AvgIpc) is 2.83. The van der Waals surface area contributed by atoms with Gasteiger partial charge in [0.1, 0.15) is 12.4 Å². The quantitative estimate of drug-likeness (QED) is 0.245. The fourth-order valence-corrected chi connectivity index (χ4v) is 5.09. The molecule has 0 saturated heterocycles. The minimum absolute atomic E-state index is 0.100. The maximum absolute atomic E-state index is 12.3. The first kappa shape index (κ1) is 24.4. The Bertz CT molecular complexity index is 1010. The van der Waals surface area contributed by atoms with Crippen LogP contribution in [0.25, 0.3) is 0 Å². The zero-order valence-corrected chi connectivity index (χ0v) is 20.1. The molecule has 0 radical (unpaired) electrons. The van der Waals surface area contributed by atoms with E-state index in [-0.39, 0.29) is 30.0 Å². The van der Waals surface area contributed by atoms with Gasteiger partial charge >= 0.3 is 12.1 Å². The highest BCUT2D eigenvalue weighted by Crippen LogP contribution is 2.32. The highest BCUT2D eigenvalue weighted by atomic mass is 32.2. The molecule has 0 aliphatic rings. The Morgan fingerprint density at radius 2 is 1.42 bits per heavy atom. The van der Waals surface area contributed by atoms with Gasteiger partial charge in [0.2, 0.25) is 0 Å². The van der Waals surface area contributed by atoms with Crippen molar-refractivity contribution < 1.29 is 19.1 Å². The summed E-state index contributed by atoms with van der Waals surface area (Å²) in [5.74, 6) is 0.181. The number of esters is 1. The summed E-state index contributed by atoms with van der Waals surface area (Å²) >= 11 is 0. The van der Waals surface area contributed by atoms with Crippen molar-refractivity contribution in [1.82, 2.24) is 5.32 Å². The van der Waals surface area contributed by atoms with Crippen molar-refractivity contribution >= 4 is 23.0 Å². The third kappa shape index (κ3) is 6.86. The third-order valence-corrected chi connectivity index (χ3v) is 7.46. The lowest BCUT2D eigenvalue weighted by atomic mass is 9.91. The van der Waals surface area contributed by atoms with Crippen LogP contribution in [0, 0.1) is 5.41 Å². The van der Waals surface area contributed by atoms with Crippen molar-refractivity contribution in [2.24, 2.45) is 5.41 Å². The number of hydrogen-bond acceptors (Lipinski definition) is 4. The highest BCUT2D eigenvalue weighted by molar-refractivity contribution is 7.97. The van der Waals surface area contributed by atoms with E-state index in [1.54, 1.807) is 6.07 Å². The SMILES string of the molecule is CCC(C)(C)C(=O)OCCNC(=O)Oc1cccc([S+](c2ccccc2)c2ccccc2)c1. The first-order chi connectivity index (χ1) is 15.9. The molecule has 1 amide bonds. The number of hydrogen-bond donors (Lipinski definition) is 1. The van der Waals surface area contributed by atoms with Gasteiger partial charge in [-0.2, -0.15) is 0 Å². The predicted molar refractivity (Wildman–Crippen MR) is 131 cm³/mol. The normalized spacial score (nSPS) is 11.2. The molecular weight excluding hydrogens is 434 g/mol. The first-order valence-electron chi connectivity index (χ1n) is 11.0. The van der Waals surface area contributed by atoms with Gasteiger partial charge in [-0.1, -0.05) is 49.4 Å². The van der Waals surface area contributed by atoms with Crippen LogP contribution in [0.15, 0.2) is 99.6 Å². The van der Waals surface area contributed by atoms with Crippen LogP contribution in [-0.2, 0) is 20.4 Å². The van der Waals surface area contributed by atoms with Crippen LogP contribution in [0.4, 0.5) is 4.79 Å². The first-order valence-corrected chi connectivity index (χ1v) is 12.2. The van der Waals surface area contributed by atoms with Crippen LogP contribution < -0.4 is 10.1 Å². The van der Waals surface area contributed by atoms with Crippen molar-refractivity contribution in [3.8, 4) is 5.75 Å².